The van der Waals surface area contributed by atoms with Gasteiger partial charge in [0.05, 0.1) is 24.1 Å². The number of aromatic nitrogens is 3. The number of hydrogen-bond donors (Lipinski definition) is 1. The summed E-state index contributed by atoms with van der Waals surface area (Å²) < 4.78 is 7.78. The molecule has 1 atom stereocenters. The van der Waals surface area contributed by atoms with Gasteiger partial charge in [-0.2, -0.15) is 0 Å². The summed E-state index contributed by atoms with van der Waals surface area (Å²) in [6, 6.07) is 12.3. The molecule has 4 heterocycles. The molecular formula is C31H27Cl2N5O3. The van der Waals surface area contributed by atoms with Gasteiger partial charge in [-0.05, 0) is 63.4 Å². The Morgan fingerprint density at radius 3 is 2.51 bits per heavy atom. The van der Waals surface area contributed by atoms with Crippen LogP contribution in [0.5, 0.6) is 5.75 Å². The molecule has 0 saturated heterocycles. The maximum Gasteiger partial charge on any atom is 0.280 e. The topological polar surface area (TPSA) is 89.3 Å². The van der Waals surface area contributed by atoms with E-state index >= 15 is 0 Å². The van der Waals surface area contributed by atoms with Crippen molar-refractivity contribution in [1.29, 1.82) is 0 Å². The van der Waals surface area contributed by atoms with Gasteiger partial charge in [-0.1, -0.05) is 35.3 Å². The van der Waals surface area contributed by atoms with Crippen molar-refractivity contribution < 1.29 is 14.3 Å². The van der Waals surface area contributed by atoms with Gasteiger partial charge >= 0.3 is 0 Å². The second-order valence-electron chi connectivity index (χ2n) is 11.1. The third kappa shape index (κ3) is 3.60. The number of aryl methyl sites for hydroxylation is 1. The Kier molecular flexibility index (Phi) is 5.76. The highest BCUT2D eigenvalue weighted by Gasteiger charge is 2.64. The molecule has 2 amide bonds. The summed E-state index contributed by atoms with van der Waals surface area (Å²) in [4.78, 5) is 40.1. The average molecular weight is 588 g/mol. The zero-order valence-electron chi connectivity index (χ0n) is 23.0. The molecule has 3 aliphatic rings. The van der Waals surface area contributed by atoms with Gasteiger partial charge in [-0.15, -0.1) is 0 Å². The monoisotopic (exact) mass is 587 g/mol. The molecule has 0 radical (unpaired) electrons. The Hall–Kier alpha value is -3.88. The molecule has 8 nitrogen and oxygen atoms in total. The first-order valence-corrected chi connectivity index (χ1v) is 14.3. The van der Waals surface area contributed by atoms with Crippen molar-refractivity contribution in [3.8, 4) is 17.1 Å². The van der Waals surface area contributed by atoms with E-state index in [4.69, 9.17) is 37.9 Å². The van der Waals surface area contributed by atoms with Gasteiger partial charge in [-0.3, -0.25) is 19.5 Å². The van der Waals surface area contributed by atoms with Gasteiger partial charge in [0.25, 0.3) is 11.8 Å². The minimum Gasteiger partial charge on any atom is -0.496 e. The quantitative estimate of drug-likeness (QED) is 0.275. The Morgan fingerprint density at radius 1 is 1.07 bits per heavy atom. The number of methoxy groups -OCH3 is 1. The second-order valence-corrected chi connectivity index (χ2v) is 12.0. The van der Waals surface area contributed by atoms with Crippen LogP contribution >= 0.6 is 23.2 Å². The number of halogens is 2. The van der Waals surface area contributed by atoms with Crippen LogP contribution in [0.4, 0.5) is 11.4 Å². The zero-order chi connectivity index (χ0) is 28.8. The Labute approximate surface area is 247 Å². The number of fused-ring (bicyclic) bond motifs is 4. The van der Waals surface area contributed by atoms with Crippen LogP contribution in [0.15, 0.2) is 48.7 Å². The predicted molar refractivity (Wildman–Crippen MR) is 158 cm³/mol. The molecule has 2 aromatic carbocycles. The Morgan fingerprint density at radius 2 is 1.80 bits per heavy atom. The van der Waals surface area contributed by atoms with Gasteiger partial charge in [0.1, 0.15) is 11.6 Å². The van der Waals surface area contributed by atoms with E-state index in [-0.39, 0.29) is 17.6 Å². The smallest absolute Gasteiger partial charge is 0.280 e. The maximum absolute atomic E-state index is 14.5. The van der Waals surface area contributed by atoms with Crippen LogP contribution in [0.1, 0.15) is 71.7 Å². The summed E-state index contributed by atoms with van der Waals surface area (Å²) >= 11 is 12.8. The second kappa shape index (κ2) is 9.06. The molecule has 0 unspecified atom stereocenters. The van der Waals surface area contributed by atoms with Gasteiger partial charge in [-0.25, -0.2) is 4.98 Å². The van der Waals surface area contributed by atoms with Crippen molar-refractivity contribution in [2.45, 2.75) is 51.1 Å². The van der Waals surface area contributed by atoms with E-state index in [0.717, 1.165) is 24.1 Å². The van der Waals surface area contributed by atoms with Gasteiger partial charge in [0.15, 0.2) is 11.2 Å². The van der Waals surface area contributed by atoms with Crippen molar-refractivity contribution in [3.05, 3.63) is 86.9 Å². The first-order chi connectivity index (χ1) is 19.7. The summed E-state index contributed by atoms with van der Waals surface area (Å²) in [6.45, 7) is 5.90. The SMILES string of the molecule is COc1cc(C2CC2)ncc1-c1nc2c(n1C(C)C)[C@]1(C(=O)Nc3cc(Cl)ccc31)N(c1cc(Cl)ccc1C)C2=O. The maximum atomic E-state index is 14.5. The van der Waals surface area contributed by atoms with E-state index in [2.05, 4.69) is 5.32 Å². The molecule has 4 aromatic rings. The molecule has 1 aliphatic carbocycles. The number of nitrogens with one attached hydrogen (secondary N) is 1. The minimum atomic E-state index is -1.55. The lowest BCUT2D eigenvalue weighted by atomic mass is 9.86. The van der Waals surface area contributed by atoms with Crippen LogP contribution in [-0.2, 0) is 10.3 Å². The first kappa shape index (κ1) is 26.0. The number of amides is 2. The first-order valence-electron chi connectivity index (χ1n) is 13.6. The van der Waals surface area contributed by atoms with Gasteiger partial charge in [0.2, 0.25) is 0 Å². The lowest BCUT2D eigenvalue weighted by Crippen LogP contribution is -2.51. The molecule has 208 valence electrons. The third-order valence-electron chi connectivity index (χ3n) is 8.22. The molecule has 41 heavy (non-hydrogen) atoms. The van der Waals surface area contributed by atoms with Crippen molar-refractivity contribution >= 4 is 46.4 Å². The van der Waals surface area contributed by atoms with E-state index in [0.29, 0.717) is 55.7 Å². The van der Waals surface area contributed by atoms with Crippen LogP contribution in [0.3, 0.4) is 0 Å². The summed E-state index contributed by atoms with van der Waals surface area (Å²) in [6.07, 6.45) is 3.98. The Bertz CT molecular complexity index is 1790. The highest BCUT2D eigenvalue weighted by molar-refractivity contribution is 6.32. The standard InChI is InChI=1S/C31H27Cl2N5O3/c1-15(2)37-27-26(36-28(37)20-14-34-22(17-6-7-17)13-25(20)41-4)29(39)38(24-12-19(33)8-5-16(24)3)31(27)21-10-9-18(32)11-23(21)35-30(31)40/h5,8-15,17H,6-7H2,1-4H3,(H,35,40)/t31-/m1/s1. The molecule has 0 bridgehead atoms. The molecule has 1 saturated carbocycles. The summed E-state index contributed by atoms with van der Waals surface area (Å²) in [5.74, 6) is 0.813. The molecule has 2 aliphatic heterocycles. The molecule has 10 heteroatoms. The zero-order valence-corrected chi connectivity index (χ0v) is 24.5. The summed E-state index contributed by atoms with van der Waals surface area (Å²) in [5.41, 5.74) is 3.24. The van der Waals surface area contributed by atoms with E-state index in [1.165, 1.54) is 4.90 Å². The number of carbonyl (C=O) groups is 2. The Balaban J connectivity index is 1.55. The lowest BCUT2D eigenvalue weighted by Gasteiger charge is -2.36. The number of benzene rings is 2. The van der Waals surface area contributed by atoms with Crippen molar-refractivity contribution in [2.24, 2.45) is 0 Å². The summed E-state index contributed by atoms with van der Waals surface area (Å²) in [7, 11) is 1.62. The van der Waals surface area contributed by atoms with E-state index in [9.17, 15) is 9.59 Å². The number of rotatable bonds is 5. The number of ether oxygens (including phenoxy) is 1. The fourth-order valence-corrected chi connectivity index (χ4v) is 6.56. The highest BCUT2D eigenvalue weighted by Crippen LogP contribution is 2.55. The number of nitrogens with zero attached hydrogens (tertiary/aromatic N) is 4. The lowest BCUT2D eigenvalue weighted by molar-refractivity contribution is -0.119. The van der Waals surface area contributed by atoms with E-state index in [1.807, 2.05) is 37.5 Å². The van der Waals surface area contributed by atoms with Gasteiger partial charge in [0, 0.05) is 51.2 Å². The molecule has 1 N–H and O–H groups in total. The molecule has 2 aromatic heterocycles. The third-order valence-corrected chi connectivity index (χ3v) is 8.69. The largest absolute Gasteiger partial charge is 0.496 e. The molecule has 7 rings (SSSR count). The number of imidazole rings is 1. The van der Waals surface area contributed by atoms with Crippen LogP contribution in [0.2, 0.25) is 10.0 Å². The molecule has 1 fully saturated rings. The van der Waals surface area contributed by atoms with Crippen LogP contribution < -0.4 is 15.0 Å². The highest BCUT2D eigenvalue weighted by atomic mass is 35.5. The van der Waals surface area contributed by atoms with Crippen molar-refractivity contribution in [2.75, 3.05) is 17.3 Å². The van der Waals surface area contributed by atoms with Crippen LogP contribution in [0, 0.1) is 6.92 Å². The normalized spacial score (nSPS) is 19.2. The van der Waals surface area contributed by atoms with Crippen LogP contribution in [-0.4, -0.2) is 33.5 Å². The number of pyridine rings is 1. The number of hydrogen-bond acceptors (Lipinski definition) is 5. The molecule has 1 spiro atoms. The van der Waals surface area contributed by atoms with E-state index in [1.54, 1.807) is 43.6 Å². The van der Waals surface area contributed by atoms with Crippen molar-refractivity contribution in [3.63, 3.8) is 0 Å². The average Bonchev–Trinajstić information content (AvgIpc) is 3.59. The fourth-order valence-electron chi connectivity index (χ4n) is 6.22. The van der Waals surface area contributed by atoms with Crippen molar-refractivity contribution in [1.82, 2.24) is 14.5 Å². The van der Waals surface area contributed by atoms with Gasteiger partial charge < -0.3 is 14.6 Å². The fraction of sp³-hybridized carbons (Fsp3) is 0.290. The number of carbonyl (C=O) groups excluding carboxylic acids is 2. The number of anilines is 2. The van der Waals surface area contributed by atoms with Crippen LogP contribution in [0.25, 0.3) is 11.4 Å². The van der Waals surface area contributed by atoms with E-state index < -0.39 is 11.4 Å². The minimum absolute atomic E-state index is 0.178. The predicted octanol–water partition coefficient (Wildman–Crippen LogP) is 6.88. The summed E-state index contributed by atoms with van der Waals surface area (Å²) in [5, 5.41) is 3.93. The molecular weight excluding hydrogens is 561 g/mol.